The van der Waals surface area contributed by atoms with Crippen molar-refractivity contribution < 1.29 is 9.53 Å². The average Bonchev–Trinajstić information content (AvgIpc) is 3.00. The first-order valence-electron chi connectivity index (χ1n) is 7.83. The molecule has 0 saturated carbocycles. The summed E-state index contributed by atoms with van der Waals surface area (Å²) in [4.78, 5) is 18.1. The number of amides is 1. The number of halogens is 1. The van der Waals surface area contributed by atoms with Gasteiger partial charge in [0.15, 0.2) is 5.13 Å². The lowest BCUT2D eigenvalue weighted by Gasteiger charge is -2.22. The largest absolute Gasteiger partial charge is 0.378 e. The van der Waals surface area contributed by atoms with E-state index in [2.05, 4.69) is 29.5 Å². The van der Waals surface area contributed by atoms with Gasteiger partial charge >= 0.3 is 0 Å². The zero-order valence-electron chi connectivity index (χ0n) is 13.7. The normalized spacial score (nSPS) is 17.4. The van der Waals surface area contributed by atoms with Gasteiger partial charge in [-0.3, -0.25) is 4.79 Å². The Morgan fingerprint density at radius 2 is 2.12 bits per heavy atom. The van der Waals surface area contributed by atoms with Crippen LogP contribution < -0.4 is 10.6 Å². The Hall–Kier alpha value is -1.47. The molecule has 1 aromatic heterocycles. The van der Waals surface area contributed by atoms with Crippen LogP contribution in [0, 0.1) is 0 Å². The van der Waals surface area contributed by atoms with Gasteiger partial charge in [-0.15, -0.1) is 23.7 Å². The Morgan fingerprint density at radius 3 is 2.75 bits per heavy atom. The number of carbonyl (C=O) groups excluding carboxylic acids is 1. The standard InChI is InChI=1S/C17H21N3O2S.ClH/c1-11(2)15-14(12-6-4-3-5-7-12)19-17(23-15)20-16(21)13-10-22-9-8-18-13;/h3-7,11,13,18H,8-10H2,1-2H3,(H,19,20,21);1H. The summed E-state index contributed by atoms with van der Waals surface area (Å²) < 4.78 is 5.34. The zero-order chi connectivity index (χ0) is 16.2. The zero-order valence-corrected chi connectivity index (χ0v) is 15.4. The van der Waals surface area contributed by atoms with Crippen LogP contribution in [-0.4, -0.2) is 36.7 Å². The summed E-state index contributed by atoms with van der Waals surface area (Å²) in [5.41, 5.74) is 2.03. The van der Waals surface area contributed by atoms with Crippen LogP contribution in [0.2, 0.25) is 0 Å². The van der Waals surface area contributed by atoms with Crippen molar-refractivity contribution in [1.82, 2.24) is 10.3 Å². The van der Waals surface area contributed by atoms with E-state index < -0.39 is 0 Å². The lowest BCUT2D eigenvalue weighted by Crippen LogP contribution is -2.48. The number of hydrogen-bond donors (Lipinski definition) is 2. The fourth-order valence-electron chi connectivity index (χ4n) is 2.51. The Bertz CT molecular complexity index is 670. The van der Waals surface area contributed by atoms with Crippen molar-refractivity contribution in [1.29, 1.82) is 0 Å². The number of hydrogen-bond acceptors (Lipinski definition) is 5. The number of morpholine rings is 1. The number of rotatable bonds is 4. The Balaban J connectivity index is 0.00000208. The van der Waals surface area contributed by atoms with Crippen molar-refractivity contribution in [2.45, 2.75) is 25.8 Å². The van der Waals surface area contributed by atoms with E-state index in [1.165, 1.54) is 4.88 Å². The Labute approximate surface area is 152 Å². The number of ether oxygens (including phenoxy) is 1. The van der Waals surface area contributed by atoms with Gasteiger partial charge in [-0.2, -0.15) is 0 Å². The molecule has 1 aromatic carbocycles. The molecule has 3 rings (SSSR count). The molecule has 0 radical (unpaired) electrons. The minimum absolute atomic E-state index is 0. The van der Waals surface area contributed by atoms with Gasteiger partial charge in [0, 0.05) is 17.0 Å². The number of thiazole rings is 1. The summed E-state index contributed by atoms with van der Waals surface area (Å²) >= 11 is 1.54. The average molecular weight is 368 g/mol. The van der Waals surface area contributed by atoms with Crippen molar-refractivity contribution >= 4 is 34.8 Å². The number of carbonyl (C=O) groups is 1. The lowest BCUT2D eigenvalue weighted by molar-refractivity contribution is -0.120. The third kappa shape index (κ3) is 4.33. The first-order valence-corrected chi connectivity index (χ1v) is 8.65. The summed E-state index contributed by atoms with van der Waals surface area (Å²) in [7, 11) is 0. The summed E-state index contributed by atoms with van der Waals surface area (Å²) in [5.74, 6) is 0.262. The van der Waals surface area contributed by atoms with Crippen LogP contribution in [0.5, 0.6) is 0 Å². The molecule has 1 aliphatic heterocycles. The van der Waals surface area contributed by atoms with Crippen LogP contribution in [0.15, 0.2) is 30.3 Å². The van der Waals surface area contributed by atoms with E-state index in [1.807, 2.05) is 30.3 Å². The minimum Gasteiger partial charge on any atom is -0.378 e. The quantitative estimate of drug-likeness (QED) is 0.870. The number of anilines is 1. The second-order valence-electron chi connectivity index (χ2n) is 5.82. The van der Waals surface area contributed by atoms with Crippen molar-refractivity contribution in [2.24, 2.45) is 0 Å². The summed E-state index contributed by atoms with van der Waals surface area (Å²) in [6.45, 7) is 6.03. The molecule has 130 valence electrons. The molecule has 5 nitrogen and oxygen atoms in total. The minimum atomic E-state index is -0.310. The van der Waals surface area contributed by atoms with E-state index in [0.717, 1.165) is 11.3 Å². The van der Waals surface area contributed by atoms with Crippen LogP contribution in [0.25, 0.3) is 11.3 Å². The molecule has 1 fully saturated rings. The molecule has 1 aliphatic rings. The molecule has 2 aromatic rings. The van der Waals surface area contributed by atoms with Crippen LogP contribution >= 0.6 is 23.7 Å². The molecule has 1 saturated heterocycles. The van der Waals surface area contributed by atoms with E-state index in [4.69, 9.17) is 4.74 Å². The molecule has 0 spiro atoms. The van der Waals surface area contributed by atoms with Crippen LogP contribution in [0.3, 0.4) is 0 Å². The van der Waals surface area contributed by atoms with E-state index in [0.29, 0.717) is 30.8 Å². The van der Waals surface area contributed by atoms with E-state index in [9.17, 15) is 4.79 Å². The SMILES string of the molecule is CC(C)c1sc(NC(=O)C2COCCN2)nc1-c1ccccc1.Cl. The summed E-state index contributed by atoms with van der Waals surface area (Å²) in [6.07, 6.45) is 0. The highest BCUT2D eigenvalue weighted by Crippen LogP contribution is 2.36. The van der Waals surface area contributed by atoms with Crippen LogP contribution in [0.4, 0.5) is 5.13 Å². The fraction of sp³-hybridized carbons (Fsp3) is 0.412. The van der Waals surface area contributed by atoms with Gasteiger partial charge < -0.3 is 15.4 Å². The van der Waals surface area contributed by atoms with Gasteiger partial charge in [-0.05, 0) is 5.92 Å². The maximum atomic E-state index is 12.3. The van der Waals surface area contributed by atoms with Gasteiger partial charge in [0.25, 0.3) is 0 Å². The van der Waals surface area contributed by atoms with Crippen molar-refractivity contribution in [3.05, 3.63) is 35.2 Å². The maximum absolute atomic E-state index is 12.3. The number of nitrogens with one attached hydrogen (secondary N) is 2. The Kier molecular flexibility index (Phi) is 6.74. The third-order valence-electron chi connectivity index (χ3n) is 3.69. The second-order valence-corrected chi connectivity index (χ2v) is 6.85. The van der Waals surface area contributed by atoms with Crippen molar-refractivity contribution in [3.8, 4) is 11.3 Å². The monoisotopic (exact) mass is 367 g/mol. The van der Waals surface area contributed by atoms with E-state index in [1.54, 1.807) is 11.3 Å². The number of benzene rings is 1. The second kappa shape index (κ2) is 8.58. The molecule has 2 N–H and O–H groups in total. The highest BCUT2D eigenvalue weighted by Gasteiger charge is 2.23. The van der Waals surface area contributed by atoms with Crippen molar-refractivity contribution in [3.63, 3.8) is 0 Å². The molecule has 2 heterocycles. The van der Waals surface area contributed by atoms with Gasteiger partial charge in [0.2, 0.25) is 5.91 Å². The molecule has 0 bridgehead atoms. The van der Waals surface area contributed by atoms with Gasteiger partial charge in [-0.1, -0.05) is 44.2 Å². The summed E-state index contributed by atoms with van der Waals surface area (Å²) in [6, 6.07) is 9.77. The fourth-order valence-corrected chi connectivity index (χ4v) is 3.50. The highest BCUT2D eigenvalue weighted by atomic mass is 35.5. The van der Waals surface area contributed by atoms with Gasteiger partial charge in [0.05, 0.1) is 18.9 Å². The molecular weight excluding hydrogens is 346 g/mol. The number of aromatic nitrogens is 1. The molecule has 1 atom stereocenters. The smallest absolute Gasteiger partial charge is 0.245 e. The lowest BCUT2D eigenvalue weighted by atomic mass is 10.1. The van der Waals surface area contributed by atoms with Gasteiger partial charge in [-0.25, -0.2) is 4.98 Å². The topological polar surface area (TPSA) is 63.2 Å². The predicted octanol–water partition coefficient (Wildman–Crippen LogP) is 3.28. The first kappa shape index (κ1) is 18.9. The molecule has 7 heteroatoms. The third-order valence-corrected chi connectivity index (χ3v) is 4.96. The van der Waals surface area contributed by atoms with Crippen molar-refractivity contribution in [2.75, 3.05) is 25.1 Å². The maximum Gasteiger partial charge on any atom is 0.245 e. The van der Waals surface area contributed by atoms with Crippen LogP contribution in [0.1, 0.15) is 24.6 Å². The summed E-state index contributed by atoms with van der Waals surface area (Å²) in [5, 5.41) is 6.72. The van der Waals surface area contributed by atoms with Crippen LogP contribution in [-0.2, 0) is 9.53 Å². The molecule has 1 unspecified atom stereocenters. The van der Waals surface area contributed by atoms with E-state index >= 15 is 0 Å². The molecule has 0 aliphatic carbocycles. The highest BCUT2D eigenvalue weighted by molar-refractivity contribution is 7.16. The molecule has 24 heavy (non-hydrogen) atoms. The predicted molar refractivity (Wildman–Crippen MR) is 100 cm³/mol. The molecular formula is C17H22ClN3O2S. The van der Waals surface area contributed by atoms with Gasteiger partial charge in [0.1, 0.15) is 6.04 Å². The molecule has 1 amide bonds. The first-order chi connectivity index (χ1) is 11.1. The number of nitrogens with zero attached hydrogens (tertiary/aromatic N) is 1. The Morgan fingerprint density at radius 1 is 1.38 bits per heavy atom. The van der Waals surface area contributed by atoms with E-state index in [-0.39, 0.29) is 24.4 Å².